The number of benzene rings is 4. The molecule has 4 aromatic rings. The molecule has 466 valence electrons. The van der Waals surface area contributed by atoms with Crippen molar-refractivity contribution >= 4 is 69.9 Å². The van der Waals surface area contributed by atoms with Crippen LogP contribution in [0, 0.1) is 0 Å². The minimum atomic E-state index is -1.49. The Balaban J connectivity index is 1.58. The van der Waals surface area contributed by atoms with Crippen LogP contribution in [0.3, 0.4) is 0 Å². The fourth-order valence-corrected chi connectivity index (χ4v) is 9.71. The Bertz CT molecular complexity index is 2920. The van der Waals surface area contributed by atoms with E-state index in [1.807, 2.05) is 64.1 Å². The summed E-state index contributed by atoms with van der Waals surface area (Å²) in [6.45, 7) is 8.55. The average molecular weight is 1190 g/mol. The summed E-state index contributed by atoms with van der Waals surface area (Å²) in [6, 6.07) is 18.8. The van der Waals surface area contributed by atoms with Gasteiger partial charge in [0.25, 0.3) is 0 Å². The number of primary amides is 1. The van der Waals surface area contributed by atoms with Gasteiger partial charge in [0.05, 0.1) is 6.54 Å². The lowest BCUT2D eigenvalue weighted by atomic mass is 10.00. The molecule has 0 saturated carbocycles. The van der Waals surface area contributed by atoms with Crippen LogP contribution in [0.1, 0.15) is 109 Å². The van der Waals surface area contributed by atoms with E-state index in [4.69, 9.17) is 17.2 Å². The Kier molecular flexibility index (Phi) is 28.2. The number of phenols is 1. The van der Waals surface area contributed by atoms with Crippen LogP contribution in [-0.2, 0) is 62.4 Å². The predicted octanol–water partition coefficient (Wildman–Crippen LogP) is 0.752. The van der Waals surface area contributed by atoms with Crippen molar-refractivity contribution in [3.05, 3.63) is 114 Å². The Hall–Kier alpha value is -8.64. The molecule has 86 heavy (non-hydrogen) atoms. The molecule has 0 bridgehead atoms. The maximum absolute atomic E-state index is 14.9. The second-order valence-electron chi connectivity index (χ2n) is 22.3. The number of nitrogens with zero attached hydrogens (tertiary/aromatic N) is 1. The highest BCUT2D eigenvalue weighted by Gasteiger charge is 2.34. The van der Waals surface area contributed by atoms with Crippen molar-refractivity contribution in [1.29, 1.82) is 0 Å². The minimum absolute atomic E-state index is 0.0514. The molecule has 9 amide bonds. The first-order valence-corrected chi connectivity index (χ1v) is 29.6. The van der Waals surface area contributed by atoms with E-state index >= 15 is 0 Å². The van der Waals surface area contributed by atoms with Crippen LogP contribution in [0.2, 0.25) is 0 Å². The van der Waals surface area contributed by atoms with Crippen molar-refractivity contribution in [2.75, 3.05) is 26.2 Å². The third-order valence-corrected chi connectivity index (χ3v) is 14.4. The highest BCUT2D eigenvalue weighted by atomic mass is 16.3. The zero-order chi connectivity index (χ0) is 62.5. The molecule has 4 aromatic carbocycles. The summed E-state index contributed by atoms with van der Waals surface area (Å²) in [5.74, 6) is -7.48. The summed E-state index contributed by atoms with van der Waals surface area (Å²) >= 11 is 0. The standard InChI is InChI=1S/C62H88N14O10/c1-38(2)66-30-12-10-19-46(55(63)80)72-59(84)49-28-29-53(78)71-51(34-40-15-6-5-7-16-40)60(85)76-52(35-41-23-26-45(77)27-24-41)61(86)74-47(20-11-13-31-67-39(3)4)57(82)73-48(21-14-32-68-62(64)65)58(83)75-50(56(81)69-37-54(79)70-49)36-42-22-25-43-17-8-9-18-44(43)33-42/h5-9,15-18,22-27,33,38-39,46-52,66-67,77H,10-14,19-21,28-32,34-37H2,1-4H3,(H2,63,80)(H,69,81)(H,70,79)(H,71,78)(H,72,84)(H,73,82)(H,74,86)(H,75,83)(H,76,85)(H4,64,65,68)/t46-,47-,48+,49+,50-,51-,52-/m0/s1. The number of fused-ring (bicyclic) bond motifs is 1. The number of nitrogens with two attached hydrogens (primary N) is 3. The van der Waals surface area contributed by atoms with Crippen LogP contribution < -0.4 is 70.4 Å². The molecule has 1 heterocycles. The molecule has 0 spiro atoms. The van der Waals surface area contributed by atoms with Gasteiger partial charge in [0.2, 0.25) is 53.2 Å². The summed E-state index contributed by atoms with van der Waals surface area (Å²) < 4.78 is 0. The molecule has 0 radical (unpaired) electrons. The Labute approximate surface area is 502 Å². The number of aliphatic imine (C=N–C) groups is 1. The fourth-order valence-electron chi connectivity index (χ4n) is 9.71. The first kappa shape index (κ1) is 68.1. The van der Waals surface area contributed by atoms with E-state index in [0.717, 1.165) is 10.8 Å². The van der Waals surface area contributed by atoms with E-state index in [-0.39, 0.29) is 81.7 Å². The molecule has 1 aliphatic rings. The lowest BCUT2D eigenvalue weighted by Crippen LogP contribution is -2.60. The molecule has 24 heteroatoms. The molecule has 0 aliphatic carbocycles. The number of phenolic OH excluding ortho intramolecular Hbond substituents is 1. The second kappa shape index (κ2) is 35.6. The highest BCUT2D eigenvalue weighted by Crippen LogP contribution is 2.18. The number of rotatable bonds is 25. The molecule has 24 nitrogen and oxygen atoms in total. The van der Waals surface area contributed by atoms with Gasteiger partial charge in [0.15, 0.2) is 5.96 Å². The fraction of sp³-hybridized carbons (Fsp3) is 0.484. The molecule has 1 fully saturated rings. The SMILES string of the molecule is CC(C)NCCCC[C@H](NC(=O)[C@H]1CCC(=O)N[C@@H](Cc2ccccc2)C(=O)N[C@@H](Cc2ccc(O)cc2)C(=O)N[C@@H](CCCCNC(C)C)C(=O)N[C@H](CCCN=C(N)N)C(=O)N[C@@H](Cc2ccc3ccccc3c2)C(=O)NCC(=O)N1)C(N)=O. The second-order valence-corrected chi connectivity index (χ2v) is 22.3. The Morgan fingerprint density at radius 2 is 1.07 bits per heavy atom. The van der Waals surface area contributed by atoms with Crippen LogP contribution in [0.4, 0.5) is 0 Å². The van der Waals surface area contributed by atoms with Crippen LogP contribution >= 0.6 is 0 Å². The molecular formula is C62H88N14O10. The summed E-state index contributed by atoms with van der Waals surface area (Å²) in [4.78, 5) is 133. The topological polar surface area (TPSA) is 385 Å². The van der Waals surface area contributed by atoms with Crippen molar-refractivity contribution < 1.29 is 48.3 Å². The van der Waals surface area contributed by atoms with Crippen molar-refractivity contribution in [2.45, 2.75) is 166 Å². The lowest BCUT2D eigenvalue weighted by molar-refractivity contribution is -0.135. The molecule has 17 N–H and O–H groups in total. The first-order chi connectivity index (χ1) is 41.1. The Morgan fingerprint density at radius 3 is 1.67 bits per heavy atom. The number of aromatic hydroxyl groups is 1. The van der Waals surface area contributed by atoms with Gasteiger partial charge in [-0.05, 0) is 110 Å². The van der Waals surface area contributed by atoms with E-state index in [0.29, 0.717) is 55.5 Å². The minimum Gasteiger partial charge on any atom is -0.508 e. The maximum atomic E-state index is 14.9. The van der Waals surface area contributed by atoms with E-state index < -0.39 is 108 Å². The van der Waals surface area contributed by atoms with E-state index in [1.165, 1.54) is 12.1 Å². The van der Waals surface area contributed by atoms with Gasteiger partial charge in [-0.3, -0.25) is 48.1 Å². The first-order valence-electron chi connectivity index (χ1n) is 29.6. The van der Waals surface area contributed by atoms with Gasteiger partial charge in [-0.25, -0.2) is 0 Å². The molecule has 5 rings (SSSR count). The summed E-state index contributed by atoms with van der Waals surface area (Å²) in [6.07, 6.45) is 1.41. The number of carbonyl (C=O) groups is 9. The molecule has 1 saturated heterocycles. The number of nitrogens with one attached hydrogen (secondary N) is 10. The zero-order valence-corrected chi connectivity index (χ0v) is 49.8. The zero-order valence-electron chi connectivity index (χ0n) is 49.8. The highest BCUT2D eigenvalue weighted by molar-refractivity contribution is 5.98. The van der Waals surface area contributed by atoms with Crippen LogP contribution in [0.25, 0.3) is 10.8 Å². The summed E-state index contributed by atoms with van der Waals surface area (Å²) in [5, 5.41) is 40.4. The Morgan fingerprint density at radius 1 is 0.558 bits per heavy atom. The number of guanidine groups is 1. The van der Waals surface area contributed by atoms with Crippen LogP contribution in [0.5, 0.6) is 5.75 Å². The van der Waals surface area contributed by atoms with E-state index in [2.05, 4.69) is 58.2 Å². The molecule has 1 aliphatic heterocycles. The van der Waals surface area contributed by atoms with Crippen molar-refractivity contribution in [2.24, 2.45) is 22.2 Å². The van der Waals surface area contributed by atoms with E-state index in [9.17, 15) is 48.3 Å². The number of unbranched alkanes of at least 4 members (excludes halogenated alkanes) is 2. The van der Waals surface area contributed by atoms with Crippen molar-refractivity contribution in [3.63, 3.8) is 0 Å². The van der Waals surface area contributed by atoms with Gasteiger partial charge < -0.3 is 75.5 Å². The normalized spacial score (nSPS) is 20.1. The van der Waals surface area contributed by atoms with Gasteiger partial charge in [0.1, 0.15) is 48.0 Å². The van der Waals surface area contributed by atoms with E-state index in [1.54, 1.807) is 48.5 Å². The summed E-state index contributed by atoms with van der Waals surface area (Å²) in [5.41, 5.74) is 18.8. The van der Waals surface area contributed by atoms with Crippen LogP contribution in [0.15, 0.2) is 102 Å². The maximum Gasteiger partial charge on any atom is 0.243 e. The van der Waals surface area contributed by atoms with Gasteiger partial charge in [-0.15, -0.1) is 0 Å². The number of hydrogen-bond donors (Lipinski definition) is 14. The van der Waals surface area contributed by atoms with Crippen molar-refractivity contribution in [3.8, 4) is 5.75 Å². The predicted molar refractivity (Wildman–Crippen MR) is 328 cm³/mol. The molecule has 0 unspecified atom stereocenters. The third kappa shape index (κ3) is 24.5. The van der Waals surface area contributed by atoms with Gasteiger partial charge >= 0.3 is 0 Å². The van der Waals surface area contributed by atoms with Gasteiger partial charge in [-0.2, -0.15) is 0 Å². The molecular weight excluding hydrogens is 1100 g/mol. The lowest BCUT2D eigenvalue weighted by Gasteiger charge is -2.27. The van der Waals surface area contributed by atoms with Crippen molar-refractivity contribution in [1.82, 2.24) is 53.2 Å². The molecule has 0 aromatic heterocycles. The number of hydrogen-bond acceptors (Lipinski definition) is 13. The van der Waals surface area contributed by atoms with Gasteiger partial charge in [-0.1, -0.05) is 113 Å². The number of amides is 9. The smallest absolute Gasteiger partial charge is 0.243 e. The molecule has 7 atom stereocenters. The monoisotopic (exact) mass is 1190 g/mol. The summed E-state index contributed by atoms with van der Waals surface area (Å²) in [7, 11) is 0. The average Bonchev–Trinajstić information content (AvgIpc) is 3.67. The quantitative estimate of drug-likeness (QED) is 0.0248. The van der Waals surface area contributed by atoms with Gasteiger partial charge in [0, 0.05) is 44.3 Å². The number of carbonyl (C=O) groups excluding carboxylic acids is 9. The largest absolute Gasteiger partial charge is 0.508 e. The van der Waals surface area contributed by atoms with Crippen LogP contribution in [-0.4, -0.2) is 145 Å². The third-order valence-electron chi connectivity index (χ3n) is 14.4.